The molecule has 3 heteroatoms. The number of rotatable bonds is 5. The summed E-state index contributed by atoms with van der Waals surface area (Å²) in [7, 11) is 0. The number of aliphatic hydroxyl groups excluding tert-OH is 1. The van der Waals surface area contributed by atoms with Crippen molar-refractivity contribution < 1.29 is 5.11 Å². The molecule has 0 radical (unpaired) electrons. The van der Waals surface area contributed by atoms with Crippen LogP contribution in [0, 0.1) is 0 Å². The van der Waals surface area contributed by atoms with E-state index in [1.165, 1.54) is 0 Å². The maximum absolute atomic E-state index is 9.06. The fourth-order valence-electron chi connectivity index (χ4n) is 0.526. The van der Waals surface area contributed by atoms with E-state index in [0.717, 1.165) is 13.0 Å². The first-order valence-electron chi connectivity index (χ1n) is 3.41. The quantitative estimate of drug-likeness (QED) is 0.595. The van der Waals surface area contributed by atoms with Crippen molar-refractivity contribution in [3.63, 3.8) is 0 Å². The molecule has 60 valence electrons. The molecule has 10 heavy (non-hydrogen) atoms. The van der Waals surface area contributed by atoms with E-state index in [1.807, 2.05) is 0 Å². The Morgan fingerprint density at radius 2 is 2.40 bits per heavy atom. The maximum Gasteiger partial charge on any atom is 0.101 e. The largest absolute Gasteiger partial charge is 0.386 e. The van der Waals surface area contributed by atoms with Gasteiger partial charge in [0.25, 0.3) is 0 Å². The van der Waals surface area contributed by atoms with Gasteiger partial charge in [-0.15, -0.1) is 0 Å². The molecular formula is C7H14ClNO. The Morgan fingerprint density at radius 1 is 1.80 bits per heavy atom. The fraction of sp³-hybridized carbons (Fsp3) is 0.714. The highest BCUT2D eigenvalue weighted by Gasteiger charge is 2.03. The van der Waals surface area contributed by atoms with E-state index in [4.69, 9.17) is 16.7 Å². The highest BCUT2D eigenvalue weighted by Crippen LogP contribution is 2.02. The molecule has 1 atom stereocenters. The summed E-state index contributed by atoms with van der Waals surface area (Å²) in [6.45, 7) is 6.87. The van der Waals surface area contributed by atoms with Crippen molar-refractivity contribution >= 4 is 11.6 Å². The predicted octanol–water partition coefficient (Wildman–Crippen LogP) is 1.10. The highest BCUT2D eigenvalue weighted by molar-refractivity contribution is 6.29. The van der Waals surface area contributed by atoms with Crippen LogP contribution in [0.3, 0.4) is 0 Å². The Morgan fingerprint density at radius 3 is 2.80 bits per heavy atom. The van der Waals surface area contributed by atoms with Gasteiger partial charge in [0.2, 0.25) is 0 Å². The van der Waals surface area contributed by atoms with Crippen LogP contribution in [0.1, 0.15) is 13.3 Å². The molecule has 2 nitrogen and oxygen atoms in total. The van der Waals surface area contributed by atoms with Crippen LogP contribution in [0.5, 0.6) is 0 Å². The molecule has 0 aromatic rings. The minimum Gasteiger partial charge on any atom is -0.386 e. The van der Waals surface area contributed by atoms with Gasteiger partial charge in [-0.3, -0.25) is 0 Å². The van der Waals surface area contributed by atoms with Crippen LogP contribution < -0.4 is 5.32 Å². The lowest BCUT2D eigenvalue weighted by Gasteiger charge is -2.08. The van der Waals surface area contributed by atoms with Gasteiger partial charge in [0.15, 0.2) is 0 Å². The summed E-state index contributed by atoms with van der Waals surface area (Å²) < 4.78 is 0. The molecule has 0 rings (SSSR count). The normalized spacial score (nSPS) is 13.1. The van der Waals surface area contributed by atoms with E-state index in [0.29, 0.717) is 11.6 Å². The van der Waals surface area contributed by atoms with Crippen molar-refractivity contribution in [2.75, 3.05) is 13.1 Å². The Hall–Kier alpha value is -0.0500. The molecule has 0 aliphatic rings. The zero-order chi connectivity index (χ0) is 7.98. The summed E-state index contributed by atoms with van der Waals surface area (Å²) >= 11 is 5.42. The van der Waals surface area contributed by atoms with Crippen LogP contribution in [0.15, 0.2) is 11.6 Å². The zero-order valence-corrected chi connectivity index (χ0v) is 6.99. The Kier molecular flexibility index (Phi) is 5.69. The molecule has 0 saturated heterocycles. The van der Waals surface area contributed by atoms with Gasteiger partial charge in [-0.25, -0.2) is 0 Å². The summed E-state index contributed by atoms with van der Waals surface area (Å²) in [5, 5.41) is 12.4. The van der Waals surface area contributed by atoms with E-state index < -0.39 is 6.10 Å². The van der Waals surface area contributed by atoms with E-state index in [1.54, 1.807) is 0 Å². The van der Waals surface area contributed by atoms with Crippen LogP contribution >= 0.6 is 11.6 Å². The van der Waals surface area contributed by atoms with Gasteiger partial charge in [-0.1, -0.05) is 25.1 Å². The molecule has 0 bridgehead atoms. The average molecular weight is 164 g/mol. The molecule has 0 fully saturated rings. The number of nitrogens with one attached hydrogen (secondary N) is 1. The number of aliphatic hydroxyl groups is 1. The van der Waals surface area contributed by atoms with E-state index in [9.17, 15) is 0 Å². The molecule has 0 spiro atoms. The van der Waals surface area contributed by atoms with E-state index in [2.05, 4.69) is 18.8 Å². The first-order chi connectivity index (χ1) is 4.68. The monoisotopic (exact) mass is 163 g/mol. The molecule has 0 aliphatic carbocycles. The van der Waals surface area contributed by atoms with Crippen molar-refractivity contribution in [1.82, 2.24) is 5.32 Å². The van der Waals surface area contributed by atoms with Gasteiger partial charge in [-0.05, 0) is 13.0 Å². The summed E-state index contributed by atoms with van der Waals surface area (Å²) in [5.41, 5.74) is 0. The second kappa shape index (κ2) is 5.71. The van der Waals surface area contributed by atoms with Crippen LogP contribution in [-0.2, 0) is 0 Å². The predicted molar refractivity (Wildman–Crippen MR) is 44.2 cm³/mol. The molecule has 0 aromatic heterocycles. The minimum atomic E-state index is -0.617. The molecule has 2 N–H and O–H groups in total. The smallest absolute Gasteiger partial charge is 0.101 e. The Bertz CT molecular complexity index is 106. The third kappa shape index (κ3) is 4.79. The topological polar surface area (TPSA) is 32.3 Å². The zero-order valence-electron chi connectivity index (χ0n) is 6.23. The second-order valence-electron chi connectivity index (χ2n) is 2.17. The average Bonchev–Trinajstić information content (AvgIpc) is 1.88. The van der Waals surface area contributed by atoms with Gasteiger partial charge in [0.1, 0.15) is 6.10 Å². The molecule has 0 saturated carbocycles. The van der Waals surface area contributed by atoms with Crippen LogP contribution in [0.25, 0.3) is 0 Å². The van der Waals surface area contributed by atoms with Gasteiger partial charge >= 0.3 is 0 Å². The molecule has 0 heterocycles. The molecular weight excluding hydrogens is 150 g/mol. The number of hydrogen-bond donors (Lipinski definition) is 2. The third-order valence-corrected chi connectivity index (χ3v) is 1.38. The first kappa shape index (κ1) is 9.95. The van der Waals surface area contributed by atoms with Crippen molar-refractivity contribution in [2.45, 2.75) is 19.4 Å². The van der Waals surface area contributed by atoms with E-state index in [-0.39, 0.29) is 0 Å². The maximum atomic E-state index is 9.06. The van der Waals surface area contributed by atoms with Crippen molar-refractivity contribution in [1.29, 1.82) is 0 Å². The fourth-order valence-corrected chi connectivity index (χ4v) is 0.603. The number of halogens is 1. The third-order valence-electron chi connectivity index (χ3n) is 1.13. The van der Waals surface area contributed by atoms with Crippen molar-refractivity contribution in [3.05, 3.63) is 11.6 Å². The Balaban J connectivity index is 3.21. The van der Waals surface area contributed by atoms with Crippen molar-refractivity contribution in [2.24, 2.45) is 0 Å². The highest BCUT2D eigenvalue weighted by atomic mass is 35.5. The molecule has 1 unspecified atom stereocenters. The minimum absolute atomic E-state index is 0.295. The van der Waals surface area contributed by atoms with Gasteiger partial charge in [-0.2, -0.15) is 0 Å². The SMILES string of the molecule is C=C(Cl)C(O)CNCCC. The van der Waals surface area contributed by atoms with E-state index >= 15 is 0 Å². The van der Waals surface area contributed by atoms with Crippen LogP contribution in [0.2, 0.25) is 0 Å². The van der Waals surface area contributed by atoms with Crippen LogP contribution in [-0.4, -0.2) is 24.3 Å². The lowest BCUT2D eigenvalue weighted by atomic mass is 10.3. The summed E-state index contributed by atoms with van der Waals surface area (Å²) in [6.07, 6.45) is 0.440. The standard InChI is InChI=1S/C7H14ClNO/c1-3-4-9-5-7(10)6(2)8/h7,9-10H,2-5H2,1H3. The first-order valence-corrected chi connectivity index (χ1v) is 3.79. The molecule has 0 aromatic carbocycles. The number of hydrogen-bond acceptors (Lipinski definition) is 2. The Labute approximate surface area is 66.9 Å². The molecule has 0 amide bonds. The lowest BCUT2D eigenvalue weighted by Crippen LogP contribution is -2.27. The van der Waals surface area contributed by atoms with Crippen LogP contribution in [0.4, 0.5) is 0 Å². The summed E-state index contributed by atoms with van der Waals surface area (Å²) in [6, 6.07) is 0. The van der Waals surface area contributed by atoms with Gasteiger partial charge < -0.3 is 10.4 Å². The second-order valence-corrected chi connectivity index (χ2v) is 2.65. The van der Waals surface area contributed by atoms with Crippen molar-refractivity contribution in [3.8, 4) is 0 Å². The summed E-state index contributed by atoms with van der Waals surface area (Å²) in [4.78, 5) is 0. The van der Waals surface area contributed by atoms with Gasteiger partial charge in [0.05, 0.1) is 0 Å². The summed E-state index contributed by atoms with van der Waals surface area (Å²) in [5.74, 6) is 0. The van der Waals surface area contributed by atoms with Gasteiger partial charge in [0, 0.05) is 11.6 Å². The molecule has 0 aliphatic heterocycles. The lowest BCUT2D eigenvalue weighted by molar-refractivity contribution is 0.215.